The molecule has 0 spiro atoms. The number of aromatic hydroxyl groups is 1. The molecule has 2 aliphatic rings. The number of hydrogen-bond acceptors (Lipinski definition) is 8. The summed E-state index contributed by atoms with van der Waals surface area (Å²) in [5.41, 5.74) is 2.35. The molecule has 0 saturated carbocycles. The Labute approximate surface area is 244 Å². The standard InChI is InChI=1S/C31H34N8O3/c1-4-28(41)38-13-12-37(19-25(38)17-32-2)30-29-33-18-24(14-22-16-26(40)15-21-8-5-6-10-27(21)22)39(29)35-31(34-30)42-20-23-9-7-11-36(23)3/h4-6,8,10,15-16,18,23,25,40H,1,7,9,11-14,17,19-20H2,3H3/t23-,25-/m0/s1. The third-order valence-corrected chi connectivity index (χ3v) is 8.32. The van der Waals surface area contributed by atoms with Crippen molar-refractivity contribution in [1.82, 2.24) is 29.4 Å². The summed E-state index contributed by atoms with van der Waals surface area (Å²) < 4.78 is 7.99. The number of benzene rings is 2. The zero-order valence-corrected chi connectivity index (χ0v) is 23.7. The maximum Gasteiger partial charge on any atom is 0.336 e. The summed E-state index contributed by atoms with van der Waals surface area (Å²) in [6.07, 6.45) is 5.77. The van der Waals surface area contributed by atoms with Crippen molar-refractivity contribution in [3.8, 4) is 11.8 Å². The number of aromatic nitrogens is 4. The van der Waals surface area contributed by atoms with Crippen molar-refractivity contribution in [2.45, 2.75) is 31.3 Å². The van der Waals surface area contributed by atoms with Gasteiger partial charge in [0.25, 0.3) is 0 Å². The molecule has 11 heteroatoms. The van der Waals surface area contributed by atoms with Gasteiger partial charge in [0, 0.05) is 32.1 Å². The molecule has 1 N–H and O–H groups in total. The number of phenols is 1. The molecule has 0 unspecified atom stereocenters. The Balaban J connectivity index is 1.38. The van der Waals surface area contributed by atoms with E-state index < -0.39 is 0 Å². The largest absolute Gasteiger partial charge is 0.508 e. The number of nitrogens with zero attached hydrogens (tertiary/aromatic N) is 8. The number of likely N-dealkylation sites (tertiary alicyclic amines) is 1. The summed E-state index contributed by atoms with van der Waals surface area (Å²) in [5.74, 6) is 0.630. The normalized spacial score (nSPS) is 19.3. The lowest BCUT2D eigenvalue weighted by Crippen LogP contribution is -2.56. The molecule has 2 fully saturated rings. The van der Waals surface area contributed by atoms with Crippen LogP contribution in [0.2, 0.25) is 0 Å². The van der Waals surface area contributed by atoms with E-state index in [1.807, 2.05) is 24.3 Å². The van der Waals surface area contributed by atoms with Crippen molar-refractivity contribution < 1.29 is 14.6 Å². The van der Waals surface area contributed by atoms with E-state index in [-0.39, 0.29) is 30.3 Å². The SMILES string of the molecule is [C-]#[N+]C[C@H]1CN(c2nc(OC[C@@H]3CCCN3C)nn3c(Cc4cc(O)cc5ccccc45)cnc23)CCN1C(=O)C=C. The first kappa shape index (κ1) is 27.5. The third-order valence-electron chi connectivity index (χ3n) is 8.32. The number of carbonyl (C=O) groups excluding carboxylic acids is 1. The van der Waals surface area contributed by atoms with E-state index in [9.17, 15) is 9.90 Å². The van der Waals surface area contributed by atoms with Crippen LogP contribution in [-0.4, -0.2) is 98.9 Å². The van der Waals surface area contributed by atoms with Crippen molar-refractivity contribution in [2.75, 3.05) is 51.3 Å². The van der Waals surface area contributed by atoms with Crippen LogP contribution >= 0.6 is 0 Å². The Morgan fingerprint density at radius 2 is 2.10 bits per heavy atom. The maximum absolute atomic E-state index is 12.5. The highest BCUT2D eigenvalue weighted by atomic mass is 16.5. The minimum atomic E-state index is -0.304. The molecule has 4 heterocycles. The zero-order chi connectivity index (χ0) is 29.2. The molecule has 4 aromatic rings. The van der Waals surface area contributed by atoms with Crippen LogP contribution in [0.1, 0.15) is 24.1 Å². The minimum absolute atomic E-state index is 0.178. The monoisotopic (exact) mass is 566 g/mol. The molecule has 6 rings (SSSR count). The summed E-state index contributed by atoms with van der Waals surface area (Å²) in [6.45, 7) is 14.2. The average Bonchev–Trinajstić information content (AvgIpc) is 3.60. The fourth-order valence-electron chi connectivity index (χ4n) is 6.08. The van der Waals surface area contributed by atoms with E-state index in [2.05, 4.69) is 28.3 Å². The lowest BCUT2D eigenvalue weighted by Gasteiger charge is -2.39. The van der Waals surface area contributed by atoms with Crippen molar-refractivity contribution in [2.24, 2.45) is 0 Å². The summed E-state index contributed by atoms with van der Waals surface area (Å²) in [7, 11) is 2.10. The number of phenolic OH excluding ortho intramolecular Hbond substituents is 1. The molecule has 2 atom stereocenters. The van der Waals surface area contributed by atoms with Crippen LogP contribution < -0.4 is 9.64 Å². The number of fused-ring (bicyclic) bond motifs is 2. The van der Waals surface area contributed by atoms with Crippen LogP contribution in [0, 0.1) is 6.57 Å². The summed E-state index contributed by atoms with van der Waals surface area (Å²) in [4.78, 5) is 31.7. The molecule has 2 saturated heterocycles. The van der Waals surface area contributed by atoms with E-state index in [1.54, 1.807) is 27.7 Å². The van der Waals surface area contributed by atoms with Crippen molar-refractivity contribution in [3.63, 3.8) is 0 Å². The first-order chi connectivity index (χ1) is 20.4. The second-order valence-electron chi connectivity index (χ2n) is 11.0. The number of rotatable bonds is 8. The number of imidazole rings is 1. The molecule has 0 radical (unpaired) electrons. The highest BCUT2D eigenvalue weighted by Gasteiger charge is 2.34. The van der Waals surface area contributed by atoms with E-state index in [0.29, 0.717) is 50.2 Å². The number of anilines is 1. The predicted octanol–water partition coefficient (Wildman–Crippen LogP) is 3.17. The van der Waals surface area contributed by atoms with Crippen LogP contribution in [0.25, 0.3) is 21.3 Å². The smallest absolute Gasteiger partial charge is 0.336 e. The van der Waals surface area contributed by atoms with Gasteiger partial charge in [-0.05, 0) is 61.0 Å². The van der Waals surface area contributed by atoms with Crippen molar-refractivity contribution >= 4 is 28.1 Å². The molecule has 1 amide bonds. The number of amides is 1. The van der Waals surface area contributed by atoms with Gasteiger partial charge in [-0.25, -0.2) is 16.1 Å². The van der Waals surface area contributed by atoms with Crippen LogP contribution in [0.5, 0.6) is 11.8 Å². The molecular weight excluding hydrogens is 532 g/mol. The van der Waals surface area contributed by atoms with Gasteiger partial charge in [-0.15, -0.1) is 5.10 Å². The second-order valence-corrected chi connectivity index (χ2v) is 11.0. The van der Waals surface area contributed by atoms with Gasteiger partial charge >= 0.3 is 6.01 Å². The molecule has 0 aliphatic carbocycles. The van der Waals surface area contributed by atoms with Gasteiger partial charge in [0.05, 0.1) is 11.9 Å². The number of ether oxygens (including phenoxy) is 1. The fourth-order valence-corrected chi connectivity index (χ4v) is 6.08. The van der Waals surface area contributed by atoms with Gasteiger partial charge in [-0.2, -0.15) is 4.98 Å². The van der Waals surface area contributed by atoms with Crippen LogP contribution in [0.3, 0.4) is 0 Å². The van der Waals surface area contributed by atoms with Gasteiger partial charge in [0.2, 0.25) is 12.5 Å². The Hall–Kier alpha value is -4.69. The van der Waals surface area contributed by atoms with E-state index in [1.165, 1.54) is 6.08 Å². The van der Waals surface area contributed by atoms with Gasteiger partial charge in [-0.1, -0.05) is 30.8 Å². The molecule has 2 aliphatic heterocycles. The highest BCUT2D eigenvalue weighted by molar-refractivity contribution is 5.88. The van der Waals surface area contributed by atoms with Gasteiger partial charge in [0.1, 0.15) is 18.4 Å². The number of carbonyl (C=O) groups is 1. The molecule has 0 bridgehead atoms. The summed E-state index contributed by atoms with van der Waals surface area (Å²) in [5, 5.41) is 17.2. The summed E-state index contributed by atoms with van der Waals surface area (Å²) >= 11 is 0. The maximum atomic E-state index is 12.5. The van der Waals surface area contributed by atoms with Gasteiger partial charge in [-0.3, -0.25) is 4.79 Å². The minimum Gasteiger partial charge on any atom is -0.508 e. The molecular formula is C31H34N8O3. The highest BCUT2D eigenvalue weighted by Crippen LogP contribution is 2.29. The Kier molecular flexibility index (Phi) is 7.63. The van der Waals surface area contributed by atoms with Gasteiger partial charge < -0.3 is 29.4 Å². The van der Waals surface area contributed by atoms with Crippen molar-refractivity contribution in [3.05, 3.63) is 77.9 Å². The lowest BCUT2D eigenvalue weighted by atomic mass is 10.0. The second kappa shape index (κ2) is 11.7. The Morgan fingerprint density at radius 1 is 1.24 bits per heavy atom. The quantitative estimate of drug-likeness (QED) is 0.256. The predicted molar refractivity (Wildman–Crippen MR) is 160 cm³/mol. The summed E-state index contributed by atoms with van der Waals surface area (Å²) in [6, 6.07) is 11.7. The van der Waals surface area contributed by atoms with E-state index >= 15 is 0 Å². The zero-order valence-electron chi connectivity index (χ0n) is 23.7. The topological polar surface area (TPSA) is 104 Å². The van der Waals surface area contributed by atoms with Crippen LogP contribution in [-0.2, 0) is 11.2 Å². The van der Waals surface area contributed by atoms with Crippen molar-refractivity contribution in [1.29, 1.82) is 0 Å². The average molecular weight is 567 g/mol. The number of piperazine rings is 1. The van der Waals surface area contributed by atoms with Gasteiger partial charge in [0.15, 0.2) is 11.5 Å². The first-order valence-corrected chi connectivity index (χ1v) is 14.2. The van der Waals surface area contributed by atoms with Crippen LogP contribution in [0.4, 0.5) is 5.82 Å². The Morgan fingerprint density at radius 3 is 2.88 bits per heavy atom. The Bertz CT molecular complexity index is 1680. The van der Waals surface area contributed by atoms with Crippen LogP contribution in [0.15, 0.2) is 55.3 Å². The first-order valence-electron chi connectivity index (χ1n) is 14.2. The van der Waals surface area contributed by atoms with E-state index in [0.717, 1.165) is 41.4 Å². The fraction of sp³-hybridized carbons (Fsp3) is 0.387. The number of hydrogen-bond donors (Lipinski definition) is 1. The molecule has 2 aromatic carbocycles. The van der Waals surface area contributed by atoms with E-state index in [4.69, 9.17) is 26.4 Å². The molecule has 42 heavy (non-hydrogen) atoms. The molecule has 216 valence electrons. The lowest BCUT2D eigenvalue weighted by molar-refractivity contribution is -0.128. The molecule has 11 nitrogen and oxygen atoms in total. The third kappa shape index (κ3) is 5.33. The number of likely N-dealkylation sites (N-methyl/N-ethyl adjacent to an activating group) is 1. The molecule has 2 aromatic heterocycles.